The van der Waals surface area contributed by atoms with Crippen molar-refractivity contribution in [1.82, 2.24) is 4.90 Å². The molecular weight excluding hydrogens is 138 g/mol. The number of hydrogen-bond acceptors (Lipinski definition) is 2. The van der Waals surface area contributed by atoms with Crippen molar-refractivity contribution in [3.8, 4) is 0 Å². The number of hydrogen-bond donors (Lipinski definition) is 2. The Morgan fingerprint density at radius 3 is 2.18 bits per heavy atom. The highest BCUT2D eigenvalue weighted by molar-refractivity contribution is 5.77. The second-order valence-corrected chi connectivity index (χ2v) is 3.34. The van der Waals surface area contributed by atoms with Crippen molar-refractivity contribution in [2.24, 2.45) is 5.73 Å². The molecule has 0 amide bonds. The Hall–Kier alpha value is -0.570. The van der Waals surface area contributed by atoms with Crippen LogP contribution in [-0.2, 0) is 0 Å². The highest BCUT2D eigenvalue weighted by atomic mass is 15.1. The van der Waals surface area contributed by atoms with E-state index in [1.165, 1.54) is 0 Å². The molecule has 0 saturated heterocycles. The topological polar surface area (TPSA) is 53.1 Å². The molecule has 0 aromatic rings. The van der Waals surface area contributed by atoms with E-state index in [2.05, 4.69) is 32.7 Å². The van der Waals surface area contributed by atoms with E-state index in [1.54, 1.807) is 0 Å². The first kappa shape index (κ1) is 10.4. The summed E-state index contributed by atoms with van der Waals surface area (Å²) in [5.41, 5.74) is 5.29. The van der Waals surface area contributed by atoms with Crippen molar-refractivity contribution >= 4 is 5.84 Å². The van der Waals surface area contributed by atoms with Gasteiger partial charge in [0.2, 0.25) is 0 Å². The summed E-state index contributed by atoms with van der Waals surface area (Å²) in [6.45, 7) is 6.36. The standard InChI is InChI=1S/C8H19N3/c1-6(2)11(4)7(3)5-8(9)10/h6-7H,5H2,1-4H3,(H3,9,10). The minimum Gasteiger partial charge on any atom is -0.388 e. The lowest BCUT2D eigenvalue weighted by atomic mass is 10.1. The van der Waals surface area contributed by atoms with Gasteiger partial charge in [-0.15, -0.1) is 0 Å². The number of nitrogens with one attached hydrogen (secondary N) is 1. The van der Waals surface area contributed by atoms with E-state index in [-0.39, 0.29) is 5.84 Å². The SMILES string of the molecule is CC(C)N(C)C(C)CC(=N)N. The summed E-state index contributed by atoms with van der Waals surface area (Å²) in [6, 6.07) is 0.886. The van der Waals surface area contributed by atoms with Gasteiger partial charge in [-0.3, -0.25) is 5.41 Å². The van der Waals surface area contributed by atoms with Gasteiger partial charge in [0.15, 0.2) is 0 Å². The molecule has 11 heavy (non-hydrogen) atoms. The molecule has 1 atom stereocenters. The van der Waals surface area contributed by atoms with Crippen LogP contribution in [0, 0.1) is 5.41 Å². The van der Waals surface area contributed by atoms with Gasteiger partial charge in [-0.25, -0.2) is 0 Å². The van der Waals surface area contributed by atoms with E-state index in [4.69, 9.17) is 11.1 Å². The molecule has 0 aromatic heterocycles. The molecule has 3 N–H and O–H groups in total. The van der Waals surface area contributed by atoms with Crippen LogP contribution in [0.25, 0.3) is 0 Å². The van der Waals surface area contributed by atoms with E-state index in [0.717, 1.165) is 0 Å². The molecule has 0 saturated carbocycles. The predicted molar refractivity (Wildman–Crippen MR) is 48.9 cm³/mol. The normalized spacial score (nSPS) is 14.0. The molecule has 1 unspecified atom stereocenters. The Morgan fingerprint density at radius 1 is 1.45 bits per heavy atom. The number of rotatable bonds is 4. The summed E-state index contributed by atoms with van der Waals surface area (Å²) in [5.74, 6) is 0.269. The van der Waals surface area contributed by atoms with Gasteiger partial charge < -0.3 is 10.6 Å². The Balaban J connectivity index is 3.82. The van der Waals surface area contributed by atoms with Crippen LogP contribution >= 0.6 is 0 Å². The third-order valence-corrected chi connectivity index (χ3v) is 2.03. The molecule has 0 heterocycles. The molecule has 0 rings (SSSR count). The van der Waals surface area contributed by atoms with Crippen LogP contribution in [-0.4, -0.2) is 29.9 Å². The first-order valence-electron chi connectivity index (χ1n) is 4.00. The molecule has 3 nitrogen and oxygen atoms in total. The number of nitrogens with zero attached hydrogens (tertiary/aromatic N) is 1. The summed E-state index contributed by atoms with van der Waals surface area (Å²) in [5, 5.41) is 7.11. The van der Waals surface area contributed by atoms with Gasteiger partial charge in [-0.2, -0.15) is 0 Å². The quantitative estimate of drug-likeness (QED) is 0.473. The van der Waals surface area contributed by atoms with Crippen LogP contribution < -0.4 is 5.73 Å². The first-order valence-corrected chi connectivity index (χ1v) is 4.00. The summed E-state index contributed by atoms with van der Waals surface area (Å²) in [7, 11) is 2.05. The Kier molecular flexibility index (Phi) is 4.11. The minimum atomic E-state index is 0.269. The van der Waals surface area contributed by atoms with Gasteiger partial charge in [-0.1, -0.05) is 0 Å². The van der Waals surface area contributed by atoms with E-state index in [1.807, 2.05) is 0 Å². The van der Waals surface area contributed by atoms with E-state index >= 15 is 0 Å². The van der Waals surface area contributed by atoms with Crippen molar-refractivity contribution in [1.29, 1.82) is 5.41 Å². The summed E-state index contributed by atoms with van der Waals surface area (Å²) in [6.07, 6.45) is 0.661. The maximum Gasteiger partial charge on any atom is 0.0920 e. The maximum absolute atomic E-state index is 7.11. The third-order valence-electron chi connectivity index (χ3n) is 2.03. The van der Waals surface area contributed by atoms with Crippen LogP contribution in [0.2, 0.25) is 0 Å². The lowest BCUT2D eigenvalue weighted by Gasteiger charge is -2.27. The van der Waals surface area contributed by atoms with Crippen molar-refractivity contribution in [3.63, 3.8) is 0 Å². The second kappa shape index (κ2) is 4.34. The average molecular weight is 157 g/mol. The maximum atomic E-state index is 7.11. The molecule has 0 radical (unpaired) electrons. The number of amidine groups is 1. The van der Waals surface area contributed by atoms with Gasteiger partial charge in [0.25, 0.3) is 0 Å². The molecule has 0 bridgehead atoms. The fourth-order valence-electron chi connectivity index (χ4n) is 0.971. The smallest absolute Gasteiger partial charge is 0.0920 e. The Labute approximate surface area is 69.1 Å². The molecule has 0 aliphatic heterocycles. The van der Waals surface area contributed by atoms with Crippen molar-refractivity contribution < 1.29 is 0 Å². The van der Waals surface area contributed by atoms with Crippen molar-refractivity contribution in [3.05, 3.63) is 0 Å². The second-order valence-electron chi connectivity index (χ2n) is 3.34. The monoisotopic (exact) mass is 157 g/mol. The largest absolute Gasteiger partial charge is 0.388 e. The van der Waals surface area contributed by atoms with Gasteiger partial charge in [0.1, 0.15) is 0 Å². The summed E-state index contributed by atoms with van der Waals surface area (Å²) in [4.78, 5) is 2.21. The van der Waals surface area contributed by atoms with E-state index < -0.39 is 0 Å². The molecule has 66 valence electrons. The zero-order valence-corrected chi connectivity index (χ0v) is 7.89. The van der Waals surface area contributed by atoms with Crippen LogP contribution in [0.4, 0.5) is 0 Å². The molecular formula is C8H19N3. The molecule has 0 aliphatic carbocycles. The van der Waals surface area contributed by atoms with Crippen LogP contribution in [0.1, 0.15) is 27.2 Å². The zero-order valence-electron chi connectivity index (χ0n) is 7.89. The first-order chi connectivity index (χ1) is 4.95. The molecule has 3 heteroatoms. The average Bonchev–Trinajstić information content (AvgIpc) is 1.84. The fraction of sp³-hybridized carbons (Fsp3) is 0.875. The molecule has 0 aliphatic rings. The van der Waals surface area contributed by atoms with Crippen LogP contribution in [0.5, 0.6) is 0 Å². The third kappa shape index (κ3) is 3.98. The Bertz CT molecular complexity index is 131. The minimum absolute atomic E-state index is 0.269. The lowest BCUT2D eigenvalue weighted by Crippen LogP contribution is -2.37. The Morgan fingerprint density at radius 2 is 1.91 bits per heavy atom. The van der Waals surface area contributed by atoms with Gasteiger partial charge in [0.05, 0.1) is 5.84 Å². The lowest BCUT2D eigenvalue weighted by molar-refractivity contribution is 0.212. The van der Waals surface area contributed by atoms with Crippen molar-refractivity contribution in [2.75, 3.05) is 7.05 Å². The zero-order chi connectivity index (χ0) is 9.02. The molecule has 0 fully saturated rings. The van der Waals surface area contributed by atoms with Gasteiger partial charge in [0, 0.05) is 18.5 Å². The van der Waals surface area contributed by atoms with Crippen molar-refractivity contribution in [2.45, 2.75) is 39.3 Å². The van der Waals surface area contributed by atoms with Crippen LogP contribution in [0.15, 0.2) is 0 Å². The highest BCUT2D eigenvalue weighted by Gasteiger charge is 2.12. The van der Waals surface area contributed by atoms with E-state index in [9.17, 15) is 0 Å². The molecule has 0 aromatic carbocycles. The summed E-state index contributed by atoms with van der Waals surface area (Å²) < 4.78 is 0. The highest BCUT2D eigenvalue weighted by Crippen LogP contribution is 2.04. The van der Waals surface area contributed by atoms with Gasteiger partial charge in [-0.05, 0) is 27.8 Å². The predicted octanol–water partition coefficient (Wildman–Crippen LogP) is 1.04. The van der Waals surface area contributed by atoms with Gasteiger partial charge >= 0.3 is 0 Å². The number of nitrogens with two attached hydrogens (primary N) is 1. The fourth-order valence-corrected chi connectivity index (χ4v) is 0.971. The molecule has 0 spiro atoms. The van der Waals surface area contributed by atoms with Crippen LogP contribution in [0.3, 0.4) is 0 Å². The summed E-state index contributed by atoms with van der Waals surface area (Å²) >= 11 is 0. The van der Waals surface area contributed by atoms with E-state index in [0.29, 0.717) is 18.5 Å².